The van der Waals surface area contributed by atoms with Crippen LogP contribution < -0.4 is 15.5 Å². The molecule has 2 aromatic rings. The molecule has 3 rings (SSSR count). The molecule has 140 valence electrons. The van der Waals surface area contributed by atoms with Gasteiger partial charge in [0.15, 0.2) is 5.96 Å². The van der Waals surface area contributed by atoms with Crippen LogP contribution in [0, 0.1) is 0 Å². The van der Waals surface area contributed by atoms with Crippen LogP contribution in [0.2, 0.25) is 5.02 Å². The number of halogens is 1. The van der Waals surface area contributed by atoms with Crippen molar-refractivity contribution < 1.29 is 0 Å². The lowest BCUT2D eigenvalue weighted by atomic mass is 10.2. The first kappa shape index (κ1) is 18.6. The van der Waals surface area contributed by atoms with Gasteiger partial charge < -0.3 is 15.5 Å². The van der Waals surface area contributed by atoms with E-state index in [0.29, 0.717) is 6.04 Å². The molecule has 1 aliphatic heterocycles. The molecule has 26 heavy (non-hydrogen) atoms. The van der Waals surface area contributed by atoms with Crippen LogP contribution in [0.4, 0.5) is 5.69 Å². The van der Waals surface area contributed by atoms with Crippen molar-refractivity contribution in [3.05, 3.63) is 47.2 Å². The Kier molecular flexibility index (Phi) is 6.39. The summed E-state index contributed by atoms with van der Waals surface area (Å²) < 4.78 is 1.82. The molecule has 2 heterocycles. The summed E-state index contributed by atoms with van der Waals surface area (Å²) in [5.41, 5.74) is 2.39. The molecule has 1 atom stereocenters. The Morgan fingerprint density at radius 2 is 2.31 bits per heavy atom. The fraction of sp³-hybridized carbons (Fsp3) is 0.474. The molecule has 1 aromatic heterocycles. The molecule has 1 unspecified atom stereocenters. The number of aryl methyl sites for hydroxylation is 1. The van der Waals surface area contributed by atoms with Crippen LogP contribution >= 0.6 is 11.6 Å². The zero-order valence-electron chi connectivity index (χ0n) is 15.5. The highest BCUT2D eigenvalue weighted by Crippen LogP contribution is 2.23. The topological polar surface area (TPSA) is 57.5 Å². The maximum atomic E-state index is 6.12. The minimum absolute atomic E-state index is 0.380. The quantitative estimate of drug-likeness (QED) is 0.602. The SMILES string of the molecule is CCNC(=NCCc1cnn(C)c1)NC1CCN(c2cccc(Cl)c2)C1. The van der Waals surface area contributed by atoms with Crippen LogP contribution in [-0.2, 0) is 13.5 Å². The Hall–Kier alpha value is -2.21. The van der Waals surface area contributed by atoms with Crippen LogP contribution in [0.25, 0.3) is 0 Å². The fourth-order valence-electron chi connectivity index (χ4n) is 3.20. The molecule has 0 saturated carbocycles. The van der Waals surface area contributed by atoms with Gasteiger partial charge in [0.1, 0.15) is 0 Å². The van der Waals surface area contributed by atoms with Crippen LogP contribution in [0.1, 0.15) is 18.9 Å². The summed E-state index contributed by atoms with van der Waals surface area (Å²) in [5.74, 6) is 0.884. The van der Waals surface area contributed by atoms with Crippen molar-refractivity contribution in [2.24, 2.45) is 12.0 Å². The van der Waals surface area contributed by atoms with Gasteiger partial charge in [0.2, 0.25) is 0 Å². The van der Waals surface area contributed by atoms with Crippen molar-refractivity contribution in [1.29, 1.82) is 0 Å². The number of anilines is 1. The van der Waals surface area contributed by atoms with Crippen LogP contribution in [0.3, 0.4) is 0 Å². The molecule has 0 bridgehead atoms. The van der Waals surface area contributed by atoms with Gasteiger partial charge in [-0.05, 0) is 43.5 Å². The number of nitrogens with one attached hydrogen (secondary N) is 2. The number of aromatic nitrogens is 2. The molecule has 1 aromatic carbocycles. The zero-order valence-corrected chi connectivity index (χ0v) is 16.2. The Morgan fingerprint density at radius 1 is 1.42 bits per heavy atom. The minimum Gasteiger partial charge on any atom is -0.369 e. The van der Waals surface area contributed by atoms with Gasteiger partial charge in [-0.3, -0.25) is 9.67 Å². The fourth-order valence-corrected chi connectivity index (χ4v) is 3.38. The summed E-state index contributed by atoms with van der Waals surface area (Å²) in [4.78, 5) is 7.07. The molecule has 6 nitrogen and oxygen atoms in total. The van der Waals surface area contributed by atoms with E-state index in [1.54, 1.807) is 0 Å². The van der Waals surface area contributed by atoms with E-state index in [2.05, 4.69) is 33.6 Å². The zero-order chi connectivity index (χ0) is 18.4. The van der Waals surface area contributed by atoms with E-state index in [4.69, 9.17) is 16.6 Å². The second-order valence-corrected chi connectivity index (χ2v) is 7.03. The van der Waals surface area contributed by atoms with Gasteiger partial charge in [0.25, 0.3) is 0 Å². The molecule has 0 aliphatic carbocycles. The smallest absolute Gasteiger partial charge is 0.191 e. The van der Waals surface area contributed by atoms with Crippen molar-refractivity contribution in [3.63, 3.8) is 0 Å². The predicted molar refractivity (Wildman–Crippen MR) is 108 cm³/mol. The molecule has 0 radical (unpaired) electrons. The van der Waals surface area contributed by atoms with E-state index in [1.165, 1.54) is 11.3 Å². The summed E-state index contributed by atoms with van der Waals surface area (Å²) in [6.45, 7) is 5.65. The van der Waals surface area contributed by atoms with E-state index in [1.807, 2.05) is 42.3 Å². The third-order valence-electron chi connectivity index (χ3n) is 4.48. The highest BCUT2D eigenvalue weighted by molar-refractivity contribution is 6.30. The third kappa shape index (κ3) is 5.14. The molecule has 0 amide bonds. The van der Waals surface area contributed by atoms with Gasteiger partial charge >= 0.3 is 0 Å². The van der Waals surface area contributed by atoms with E-state index < -0.39 is 0 Å². The van der Waals surface area contributed by atoms with Crippen molar-refractivity contribution in [1.82, 2.24) is 20.4 Å². The van der Waals surface area contributed by atoms with E-state index >= 15 is 0 Å². The minimum atomic E-state index is 0.380. The van der Waals surface area contributed by atoms with Crippen LogP contribution in [0.15, 0.2) is 41.7 Å². The van der Waals surface area contributed by atoms with E-state index in [9.17, 15) is 0 Å². The lowest BCUT2D eigenvalue weighted by Crippen LogP contribution is -2.44. The second kappa shape index (κ2) is 8.94. The van der Waals surface area contributed by atoms with E-state index in [-0.39, 0.29) is 0 Å². The number of benzene rings is 1. The van der Waals surface area contributed by atoms with Gasteiger partial charge in [-0.15, -0.1) is 0 Å². The normalized spacial score (nSPS) is 17.6. The largest absolute Gasteiger partial charge is 0.369 e. The van der Waals surface area contributed by atoms with Crippen molar-refractivity contribution >= 4 is 23.2 Å². The van der Waals surface area contributed by atoms with Crippen molar-refractivity contribution in [2.75, 3.05) is 31.1 Å². The Balaban J connectivity index is 1.53. The average molecular weight is 375 g/mol. The number of guanidine groups is 1. The molecule has 0 spiro atoms. The summed E-state index contributed by atoms with van der Waals surface area (Å²) >= 11 is 6.12. The van der Waals surface area contributed by atoms with Crippen LogP contribution in [0.5, 0.6) is 0 Å². The number of aliphatic imine (C=N–C) groups is 1. The third-order valence-corrected chi connectivity index (χ3v) is 4.71. The number of hydrogen-bond donors (Lipinski definition) is 2. The van der Waals surface area contributed by atoms with Gasteiger partial charge in [-0.1, -0.05) is 17.7 Å². The summed E-state index contributed by atoms with van der Waals surface area (Å²) in [5, 5.41) is 11.9. The highest BCUT2D eigenvalue weighted by Gasteiger charge is 2.23. The number of hydrogen-bond acceptors (Lipinski definition) is 3. The Labute approximate surface area is 160 Å². The van der Waals surface area contributed by atoms with Gasteiger partial charge in [-0.2, -0.15) is 5.10 Å². The maximum Gasteiger partial charge on any atom is 0.191 e. The first-order valence-electron chi connectivity index (χ1n) is 9.17. The highest BCUT2D eigenvalue weighted by atomic mass is 35.5. The van der Waals surface area contributed by atoms with Gasteiger partial charge in [0, 0.05) is 56.2 Å². The molecule has 1 saturated heterocycles. The first-order valence-corrected chi connectivity index (χ1v) is 9.54. The molecule has 1 aliphatic rings. The second-order valence-electron chi connectivity index (χ2n) is 6.59. The van der Waals surface area contributed by atoms with Gasteiger partial charge in [-0.25, -0.2) is 0 Å². The predicted octanol–water partition coefficient (Wildman–Crippen LogP) is 2.45. The molecule has 1 fully saturated rings. The summed E-state index contributed by atoms with van der Waals surface area (Å²) in [7, 11) is 1.93. The van der Waals surface area contributed by atoms with E-state index in [0.717, 1.165) is 50.0 Å². The summed E-state index contributed by atoms with van der Waals surface area (Å²) in [6.07, 6.45) is 5.91. The average Bonchev–Trinajstić information content (AvgIpc) is 3.24. The number of rotatable bonds is 6. The molecule has 7 heteroatoms. The standard InChI is InChI=1S/C19H27ClN6/c1-3-21-19(22-9-7-15-12-23-25(2)13-15)24-17-8-10-26(14-17)18-6-4-5-16(20)11-18/h4-6,11-13,17H,3,7-10,14H2,1-2H3,(H2,21,22,24). The summed E-state index contributed by atoms with van der Waals surface area (Å²) in [6, 6.07) is 8.43. The van der Waals surface area contributed by atoms with Crippen LogP contribution in [-0.4, -0.2) is 48.0 Å². The molecular formula is C19H27ClN6. The Morgan fingerprint density at radius 3 is 3.04 bits per heavy atom. The first-order chi connectivity index (χ1) is 12.6. The molecule has 2 N–H and O–H groups in total. The lowest BCUT2D eigenvalue weighted by Gasteiger charge is -2.20. The maximum absolute atomic E-state index is 6.12. The van der Waals surface area contributed by atoms with Crippen molar-refractivity contribution in [2.45, 2.75) is 25.8 Å². The molecular weight excluding hydrogens is 348 g/mol. The van der Waals surface area contributed by atoms with Crippen molar-refractivity contribution in [3.8, 4) is 0 Å². The Bertz CT molecular complexity index is 741. The monoisotopic (exact) mass is 374 g/mol. The number of nitrogens with zero attached hydrogens (tertiary/aromatic N) is 4. The van der Waals surface area contributed by atoms with Gasteiger partial charge in [0.05, 0.1) is 6.20 Å². The lowest BCUT2D eigenvalue weighted by molar-refractivity contribution is 0.649.